The molecule has 1 aromatic heterocycles. The molecule has 0 saturated carbocycles. The Balaban J connectivity index is 0.997. The highest BCUT2D eigenvalue weighted by Gasteiger charge is 2.38. The van der Waals surface area contributed by atoms with E-state index in [0.717, 1.165) is 33.6 Å². The van der Waals surface area contributed by atoms with Crippen molar-refractivity contribution >= 4 is 34.1 Å². The van der Waals surface area contributed by atoms with Gasteiger partial charge in [0.05, 0.1) is 22.7 Å². The van der Waals surface area contributed by atoms with Crippen LogP contribution >= 0.6 is 0 Å². The molecule has 0 bridgehead atoms. The summed E-state index contributed by atoms with van der Waals surface area (Å²) < 4.78 is 0. The first kappa shape index (κ1) is 37.4. The van der Waals surface area contributed by atoms with Gasteiger partial charge in [0.15, 0.2) is 17.5 Å². The zero-order chi connectivity index (χ0) is 42.0. The van der Waals surface area contributed by atoms with Gasteiger partial charge in [0.25, 0.3) is 0 Å². The van der Waals surface area contributed by atoms with Gasteiger partial charge >= 0.3 is 0 Å². The summed E-state index contributed by atoms with van der Waals surface area (Å²) in [7, 11) is 0. The van der Waals surface area contributed by atoms with E-state index in [1.165, 1.54) is 50.6 Å². The zero-order valence-corrected chi connectivity index (χ0v) is 35.3. The maximum Gasteiger partial charge on any atom is 0.164 e. The molecule has 0 radical (unpaired) electrons. The van der Waals surface area contributed by atoms with Crippen LogP contribution in [0.2, 0.25) is 0 Å². The van der Waals surface area contributed by atoms with Crippen LogP contribution in [0, 0.1) is 0 Å². The second-order valence-electron chi connectivity index (χ2n) is 17.3. The third-order valence-electron chi connectivity index (χ3n) is 12.9. The van der Waals surface area contributed by atoms with Gasteiger partial charge in [-0.3, -0.25) is 0 Å². The molecule has 3 heterocycles. The molecule has 8 aromatic carbocycles. The number of aromatic nitrogens is 3. The van der Waals surface area contributed by atoms with Crippen LogP contribution in [0.5, 0.6) is 0 Å². The van der Waals surface area contributed by atoms with Gasteiger partial charge in [-0.15, -0.1) is 0 Å². The summed E-state index contributed by atoms with van der Waals surface area (Å²) in [6, 6.07) is 71.2. The van der Waals surface area contributed by atoms with E-state index in [-0.39, 0.29) is 10.8 Å². The molecule has 9 aromatic rings. The minimum absolute atomic E-state index is 0.127. The molecule has 0 spiro atoms. The van der Waals surface area contributed by atoms with E-state index in [9.17, 15) is 0 Å². The fourth-order valence-electron chi connectivity index (χ4n) is 9.62. The molecule has 0 aliphatic carbocycles. The average molecular weight is 800 g/mol. The van der Waals surface area contributed by atoms with E-state index in [0.29, 0.717) is 17.5 Å². The second kappa shape index (κ2) is 14.5. The predicted octanol–water partition coefficient (Wildman–Crippen LogP) is 14.8. The van der Waals surface area contributed by atoms with Crippen LogP contribution in [0.4, 0.5) is 34.1 Å². The molecule has 0 N–H and O–H groups in total. The van der Waals surface area contributed by atoms with Crippen LogP contribution in [0.15, 0.2) is 200 Å². The lowest BCUT2D eigenvalue weighted by Crippen LogP contribution is -2.30. The van der Waals surface area contributed by atoms with E-state index < -0.39 is 0 Å². The highest BCUT2D eigenvalue weighted by molar-refractivity contribution is 5.88. The summed E-state index contributed by atoms with van der Waals surface area (Å²) in [5.74, 6) is 1.86. The smallest absolute Gasteiger partial charge is 0.164 e. The van der Waals surface area contributed by atoms with Crippen LogP contribution in [0.3, 0.4) is 0 Å². The van der Waals surface area contributed by atoms with E-state index >= 15 is 0 Å². The molecule has 298 valence electrons. The molecule has 11 rings (SSSR count). The third-order valence-corrected chi connectivity index (χ3v) is 12.9. The molecule has 0 fully saturated rings. The van der Waals surface area contributed by atoms with Crippen molar-refractivity contribution < 1.29 is 0 Å². The van der Waals surface area contributed by atoms with Crippen LogP contribution in [-0.2, 0) is 10.8 Å². The predicted molar refractivity (Wildman–Crippen MR) is 255 cm³/mol. The molecule has 2 aliphatic heterocycles. The maximum atomic E-state index is 5.18. The topological polar surface area (TPSA) is 45.2 Å². The van der Waals surface area contributed by atoms with Gasteiger partial charge in [0, 0.05) is 38.9 Å². The maximum absolute atomic E-state index is 5.18. The third kappa shape index (κ3) is 6.11. The Morgan fingerprint density at radius 3 is 0.871 bits per heavy atom. The van der Waals surface area contributed by atoms with Crippen LogP contribution in [0.25, 0.3) is 45.3 Å². The number of nitrogens with zero attached hydrogens (tertiary/aromatic N) is 5. The zero-order valence-electron chi connectivity index (χ0n) is 35.3. The number of rotatable bonds is 6. The average Bonchev–Trinajstić information content (AvgIpc) is 3.32. The van der Waals surface area contributed by atoms with Gasteiger partial charge in [-0.25, -0.2) is 15.0 Å². The van der Waals surface area contributed by atoms with E-state index in [4.69, 9.17) is 15.0 Å². The number of hydrogen-bond donors (Lipinski definition) is 0. The SMILES string of the molecule is CC1(C)c2ccccc2N(c2ccc(-c3nc(-c4ccc(-c5ccccc5)cc4)nc(-c4ccc(N5c6ccccc6C(C)(C)c6ccccc65)cc4)n3)cc2)c2ccccc21. The van der Waals surface area contributed by atoms with Gasteiger partial charge in [-0.05, 0) is 106 Å². The van der Waals surface area contributed by atoms with Crippen LogP contribution in [-0.4, -0.2) is 15.0 Å². The lowest BCUT2D eigenvalue weighted by Gasteiger charge is -2.42. The van der Waals surface area contributed by atoms with Crippen molar-refractivity contribution in [3.05, 3.63) is 222 Å². The van der Waals surface area contributed by atoms with Crippen molar-refractivity contribution in [2.45, 2.75) is 38.5 Å². The van der Waals surface area contributed by atoms with Crippen molar-refractivity contribution in [1.82, 2.24) is 15.0 Å². The molecule has 62 heavy (non-hydrogen) atoms. The fraction of sp³-hybridized carbons (Fsp3) is 0.105. The van der Waals surface area contributed by atoms with E-state index in [1.807, 2.05) is 6.07 Å². The van der Waals surface area contributed by atoms with E-state index in [1.54, 1.807) is 0 Å². The summed E-state index contributed by atoms with van der Waals surface area (Å²) >= 11 is 0. The summed E-state index contributed by atoms with van der Waals surface area (Å²) in [5.41, 5.74) is 16.9. The Bertz CT molecular complexity index is 2850. The summed E-state index contributed by atoms with van der Waals surface area (Å²) in [6.07, 6.45) is 0. The highest BCUT2D eigenvalue weighted by atomic mass is 15.2. The lowest BCUT2D eigenvalue weighted by molar-refractivity contribution is 0.632. The van der Waals surface area contributed by atoms with E-state index in [2.05, 4.69) is 232 Å². The molecular formula is C57H45N5. The van der Waals surface area contributed by atoms with Crippen molar-refractivity contribution in [3.63, 3.8) is 0 Å². The van der Waals surface area contributed by atoms with Crippen molar-refractivity contribution in [2.75, 3.05) is 9.80 Å². The minimum Gasteiger partial charge on any atom is -0.310 e. The van der Waals surface area contributed by atoms with Crippen LogP contribution < -0.4 is 9.80 Å². The first-order valence-corrected chi connectivity index (χ1v) is 21.4. The number of fused-ring (bicyclic) bond motifs is 4. The Morgan fingerprint density at radius 2 is 0.532 bits per heavy atom. The Hall–Kier alpha value is -7.63. The van der Waals surface area contributed by atoms with Gasteiger partial charge in [-0.1, -0.05) is 155 Å². The lowest BCUT2D eigenvalue weighted by atomic mass is 9.73. The number of hydrogen-bond acceptors (Lipinski definition) is 5. The fourth-order valence-corrected chi connectivity index (χ4v) is 9.62. The Morgan fingerprint density at radius 1 is 0.274 bits per heavy atom. The van der Waals surface area contributed by atoms with Gasteiger partial charge < -0.3 is 9.80 Å². The molecule has 5 nitrogen and oxygen atoms in total. The molecule has 0 unspecified atom stereocenters. The van der Waals surface area contributed by atoms with Crippen molar-refractivity contribution in [3.8, 4) is 45.3 Å². The normalized spacial score (nSPS) is 14.3. The number of benzene rings is 8. The second-order valence-corrected chi connectivity index (χ2v) is 17.3. The van der Waals surface area contributed by atoms with Crippen molar-refractivity contribution in [1.29, 1.82) is 0 Å². The van der Waals surface area contributed by atoms with Gasteiger partial charge in [0.2, 0.25) is 0 Å². The summed E-state index contributed by atoms with van der Waals surface area (Å²) in [5, 5.41) is 0. The highest BCUT2D eigenvalue weighted by Crippen LogP contribution is 2.53. The van der Waals surface area contributed by atoms with Gasteiger partial charge in [-0.2, -0.15) is 0 Å². The molecule has 0 amide bonds. The summed E-state index contributed by atoms with van der Waals surface area (Å²) in [4.78, 5) is 20.2. The number of para-hydroxylation sites is 4. The van der Waals surface area contributed by atoms with Gasteiger partial charge in [0.1, 0.15) is 0 Å². The molecule has 2 aliphatic rings. The van der Waals surface area contributed by atoms with Crippen molar-refractivity contribution in [2.24, 2.45) is 0 Å². The Kier molecular flexibility index (Phi) is 8.76. The molecule has 0 saturated heterocycles. The first-order chi connectivity index (χ1) is 30.3. The summed E-state index contributed by atoms with van der Waals surface area (Å²) in [6.45, 7) is 9.26. The standard InChI is InChI=1S/C57H45N5/c1-56(2)45-18-8-12-22-49(45)61(50-23-13-9-19-46(50)56)43-34-30-41(31-35-43)54-58-53(40-28-26-39(27-29-40)38-16-6-5-7-17-38)59-55(60-54)42-32-36-44(37-33-42)62-51-24-14-10-20-47(51)57(3,4)48-21-11-15-25-52(48)62/h5-37H,1-4H3. The van der Waals surface area contributed by atoms with Crippen LogP contribution in [0.1, 0.15) is 49.9 Å². The quantitative estimate of drug-likeness (QED) is 0.168. The molecule has 5 heteroatoms. The number of anilines is 6. The molecular weight excluding hydrogens is 755 g/mol. The largest absolute Gasteiger partial charge is 0.310 e. The first-order valence-electron chi connectivity index (χ1n) is 21.4. The Labute approximate surface area is 363 Å². The molecule has 0 atom stereocenters. The minimum atomic E-state index is -0.127. The monoisotopic (exact) mass is 799 g/mol.